The number of rotatable bonds is 3. The third-order valence-corrected chi connectivity index (χ3v) is 5.89. The molecule has 1 aliphatic rings. The predicted molar refractivity (Wildman–Crippen MR) is 85.7 cm³/mol. The Balaban J connectivity index is 1.82. The molecular weight excluding hydrogens is 282 g/mol. The van der Waals surface area contributed by atoms with Gasteiger partial charge >= 0.3 is 0 Å². The van der Waals surface area contributed by atoms with E-state index in [0.717, 1.165) is 36.5 Å². The molecule has 0 heterocycles. The highest BCUT2D eigenvalue weighted by Gasteiger charge is 2.24. The minimum absolute atomic E-state index is 0.0812. The summed E-state index contributed by atoms with van der Waals surface area (Å²) in [6.45, 7) is 2.23. The van der Waals surface area contributed by atoms with Crippen molar-refractivity contribution in [1.82, 2.24) is 4.72 Å². The zero-order valence-corrected chi connectivity index (χ0v) is 13.1. The first-order chi connectivity index (χ1) is 10.0. The smallest absolute Gasteiger partial charge is 0.208 e. The molecular formula is C17H21NO2S. The van der Waals surface area contributed by atoms with Crippen LogP contribution in [0.5, 0.6) is 0 Å². The number of sulfonamides is 1. The fraction of sp³-hybridized carbons (Fsp3) is 0.412. The van der Waals surface area contributed by atoms with E-state index >= 15 is 0 Å². The van der Waals surface area contributed by atoms with Gasteiger partial charge in [-0.05, 0) is 54.5 Å². The Bertz CT molecular complexity index is 731. The van der Waals surface area contributed by atoms with Gasteiger partial charge in [-0.25, -0.2) is 13.1 Å². The highest BCUT2D eigenvalue weighted by molar-refractivity contribution is 7.89. The van der Waals surface area contributed by atoms with E-state index in [4.69, 9.17) is 0 Å². The van der Waals surface area contributed by atoms with Crippen molar-refractivity contribution in [3.05, 3.63) is 42.5 Å². The van der Waals surface area contributed by atoms with Gasteiger partial charge in [0.1, 0.15) is 0 Å². The number of fused-ring (bicyclic) bond motifs is 1. The van der Waals surface area contributed by atoms with Crippen LogP contribution in [0.4, 0.5) is 0 Å². The lowest BCUT2D eigenvalue weighted by atomic mass is 9.88. The van der Waals surface area contributed by atoms with Crippen molar-refractivity contribution >= 4 is 20.8 Å². The van der Waals surface area contributed by atoms with Crippen molar-refractivity contribution < 1.29 is 8.42 Å². The van der Waals surface area contributed by atoms with Crippen LogP contribution in [-0.4, -0.2) is 14.5 Å². The molecule has 3 rings (SSSR count). The quantitative estimate of drug-likeness (QED) is 0.940. The molecule has 0 spiro atoms. The molecule has 4 heteroatoms. The molecule has 1 fully saturated rings. The second kappa shape index (κ2) is 5.78. The summed E-state index contributed by atoms with van der Waals surface area (Å²) in [5, 5.41) is 2.01. The Kier molecular flexibility index (Phi) is 4.00. The van der Waals surface area contributed by atoms with Gasteiger partial charge < -0.3 is 0 Å². The van der Waals surface area contributed by atoms with Crippen molar-refractivity contribution in [3.8, 4) is 0 Å². The number of hydrogen-bond acceptors (Lipinski definition) is 2. The molecule has 1 aliphatic carbocycles. The average molecular weight is 303 g/mol. The fourth-order valence-corrected chi connectivity index (χ4v) is 4.34. The molecule has 0 aromatic heterocycles. The van der Waals surface area contributed by atoms with Gasteiger partial charge in [0, 0.05) is 6.04 Å². The van der Waals surface area contributed by atoms with E-state index in [1.807, 2.05) is 30.3 Å². The van der Waals surface area contributed by atoms with Crippen LogP contribution in [0.15, 0.2) is 47.4 Å². The molecule has 2 aromatic carbocycles. The summed E-state index contributed by atoms with van der Waals surface area (Å²) in [6.07, 6.45) is 4.08. The molecule has 2 aromatic rings. The minimum Gasteiger partial charge on any atom is -0.208 e. The van der Waals surface area contributed by atoms with Crippen molar-refractivity contribution in [1.29, 1.82) is 0 Å². The number of hydrogen-bond donors (Lipinski definition) is 1. The Morgan fingerprint density at radius 1 is 0.952 bits per heavy atom. The van der Waals surface area contributed by atoms with Gasteiger partial charge in [-0.1, -0.05) is 37.3 Å². The maximum absolute atomic E-state index is 12.5. The molecule has 21 heavy (non-hydrogen) atoms. The zero-order chi connectivity index (χ0) is 14.9. The highest BCUT2D eigenvalue weighted by Crippen LogP contribution is 2.25. The third-order valence-electron chi connectivity index (χ3n) is 4.37. The second-order valence-electron chi connectivity index (χ2n) is 6.09. The van der Waals surface area contributed by atoms with Gasteiger partial charge in [-0.2, -0.15) is 0 Å². The summed E-state index contributed by atoms with van der Waals surface area (Å²) in [5.41, 5.74) is 0. The second-order valence-corrected chi connectivity index (χ2v) is 7.80. The lowest BCUT2D eigenvalue weighted by Crippen LogP contribution is -2.37. The Hall–Kier alpha value is -1.39. The van der Waals surface area contributed by atoms with Crippen LogP contribution in [0, 0.1) is 5.92 Å². The molecule has 0 radical (unpaired) electrons. The normalized spacial score (nSPS) is 23.3. The summed E-state index contributed by atoms with van der Waals surface area (Å²) in [7, 11) is -3.42. The molecule has 0 amide bonds. The van der Waals surface area contributed by atoms with Crippen LogP contribution >= 0.6 is 0 Å². The molecule has 112 valence electrons. The molecule has 3 nitrogen and oxygen atoms in total. The maximum atomic E-state index is 12.5. The SMILES string of the molecule is CC1CCC(NS(=O)(=O)c2ccc3ccccc3c2)CC1. The molecule has 1 N–H and O–H groups in total. The monoisotopic (exact) mass is 303 g/mol. The van der Waals surface area contributed by atoms with Gasteiger partial charge in [0.2, 0.25) is 10.0 Å². The fourth-order valence-electron chi connectivity index (χ4n) is 3.00. The molecule has 0 bridgehead atoms. The lowest BCUT2D eigenvalue weighted by molar-refractivity contribution is 0.332. The zero-order valence-electron chi connectivity index (χ0n) is 12.2. The molecule has 0 aliphatic heterocycles. The van der Waals surface area contributed by atoms with Gasteiger partial charge in [0.15, 0.2) is 0 Å². The first kappa shape index (κ1) is 14.5. The van der Waals surface area contributed by atoms with Gasteiger partial charge in [0.05, 0.1) is 4.90 Å². The summed E-state index contributed by atoms with van der Waals surface area (Å²) in [5.74, 6) is 0.714. The van der Waals surface area contributed by atoms with E-state index in [1.165, 1.54) is 0 Å². The van der Waals surface area contributed by atoms with Crippen LogP contribution in [0.25, 0.3) is 10.8 Å². The van der Waals surface area contributed by atoms with Gasteiger partial charge in [-0.15, -0.1) is 0 Å². The number of benzene rings is 2. The largest absolute Gasteiger partial charge is 0.240 e. The average Bonchev–Trinajstić information content (AvgIpc) is 2.49. The summed E-state index contributed by atoms with van der Waals surface area (Å²) in [4.78, 5) is 0.361. The van der Waals surface area contributed by atoms with Crippen molar-refractivity contribution in [2.24, 2.45) is 5.92 Å². The lowest BCUT2D eigenvalue weighted by Gasteiger charge is -2.26. The Labute approximate surface area is 126 Å². The predicted octanol–water partition coefficient (Wildman–Crippen LogP) is 3.70. The Morgan fingerprint density at radius 2 is 1.62 bits per heavy atom. The van der Waals surface area contributed by atoms with Crippen LogP contribution in [0.2, 0.25) is 0 Å². The molecule has 0 unspecified atom stereocenters. The molecule has 1 saturated carbocycles. The van der Waals surface area contributed by atoms with E-state index in [-0.39, 0.29) is 6.04 Å². The topological polar surface area (TPSA) is 46.2 Å². The van der Waals surface area contributed by atoms with E-state index in [0.29, 0.717) is 10.8 Å². The van der Waals surface area contributed by atoms with E-state index in [1.54, 1.807) is 12.1 Å². The molecule has 0 saturated heterocycles. The maximum Gasteiger partial charge on any atom is 0.240 e. The summed E-state index contributed by atoms with van der Waals surface area (Å²) in [6, 6.07) is 13.2. The summed E-state index contributed by atoms with van der Waals surface area (Å²) < 4.78 is 27.9. The van der Waals surface area contributed by atoms with Crippen LogP contribution < -0.4 is 4.72 Å². The number of nitrogens with one attached hydrogen (secondary N) is 1. The van der Waals surface area contributed by atoms with Crippen LogP contribution in [0.1, 0.15) is 32.6 Å². The first-order valence-corrected chi connectivity index (χ1v) is 9.04. The summed E-state index contributed by atoms with van der Waals surface area (Å²) >= 11 is 0. The van der Waals surface area contributed by atoms with Crippen LogP contribution in [-0.2, 0) is 10.0 Å². The van der Waals surface area contributed by atoms with Crippen molar-refractivity contribution in [3.63, 3.8) is 0 Å². The minimum atomic E-state index is -3.42. The van der Waals surface area contributed by atoms with E-state index in [9.17, 15) is 8.42 Å². The highest BCUT2D eigenvalue weighted by atomic mass is 32.2. The third kappa shape index (κ3) is 3.27. The van der Waals surface area contributed by atoms with Crippen molar-refractivity contribution in [2.45, 2.75) is 43.5 Å². The molecule has 0 atom stereocenters. The Morgan fingerprint density at radius 3 is 2.33 bits per heavy atom. The van der Waals surface area contributed by atoms with Gasteiger partial charge in [0.25, 0.3) is 0 Å². The van der Waals surface area contributed by atoms with E-state index in [2.05, 4.69) is 11.6 Å². The van der Waals surface area contributed by atoms with E-state index < -0.39 is 10.0 Å². The van der Waals surface area contributed by atoms with Crippen LogP contribution in [0.3, 0.4) is 0 Å². The first-order valence-electron chi connectivity index (χ1n) is 7.56. The van der Waals surface area contributed by atoms with Gasteiger partial charge in [-0.3, -0.25) is 0 Å². The van der Waals surface area contributed by atoms with Crippen molar-refractivity contribution in [2.75, 3.05) is 0 Å². The standard InChI is InChI=1S/C17H21NO2S/c1-13-6-9-16(10-7-13)18-21(19,20)17-11-8-14-4-2-3-5-15(14)12-17/h2-5,8,11-13,16,18H,6-7,9-10H2,1H3.